The van der Waals surface area contributed by atoms with Crippen LogP contribution in [0.15, 0.2) is 205 Å². The predicted octanol–water partition coefficient (Wildman–Crippen LogP) is 14.2. The fourth-order valence-electron chi connectivity index (χ4n) is 10.9. The molecule has 13 rings (SSSR count). The van der Waals surface area contributed by atoms with Gasteiger partial charge >= 0.3 is 0 Å². The summed E-state index contributed by atoms with van der Waals surface area (Å²) in [4.78, 5) is 10.3. The highest BCUT2D eigenvalue weighted by Crippen LogP contribution is 2.52. The van der Waals surface area contributed by atoms with Gasteiger partial charge in [-0.25, -0.2) is 0 Å². The van der Waals surface area contributed by atoms with E-state index in [1.807, 2.05) is 12.4 Å². The highest BCUT2D eigenvalue weighted by Gasteiger charge is 2.40. The lowest BCUT2D eigenvalue weighted by Gasteiger charge is -2.40. The summed E-state index contributed by atoms with van der Waals surface area (Å²) in [5.74, 6) is 0.748. The Bertz CT molecular complexity index is 3400. The van der Waals surface area contributed by atoms with Crippen molar-refractivity contribution in [3.63, 3.8) is 0 Å². The average Bonchev–Trinajstić information content (AvgIpc) is 3.52. The van der Waals surface area contributed by atoms with Crippen LogP contribution in [-0.2, 0) is 5.41 Å². The maximum absolute atomic E-state index is 5.15. The van der Waals surface area contributed by atoms with E-state index in [-0.39, 0.29) is 5.41 Å². The zero-order valence-electron chi connectivity index (χ0n) is 32.9. The van der Waals surface area contributed by atoms with Crippen LogP contribution in [0.4, 0.5) is 0 Å². The van der Waals surface area contributed by atoms with E-state index in [0.29, 0.717) is 11.8 Å². The lowest BCUT2D eigenvalue weighted by molar-refractivity contribution is 0.566. The summed E-state index contributed by atoms with van der Waals surface area (Å²) in [6.45, 7) is 4.64. The van der Waals surface area contributed by atoms with Crippen LogP contribution in [0.25, 0.3) is 82.7 Å². The van der Waals surface area contributed by atoms with Crippen LogP contribution in [0.5, 0.6) is 0 Å². The molecule has 0 saturated carbocycles. The van der Waals surface area contributed by atoms with E-state index in [1.54, 1.807) is 0 Å². The van der Waals surface area contributed by atoms with E-state index in [0.717, 1.165) is 28.1 Å². The Kier molecular flexibility index (Phi) is 6.65. The summed E-state index contributed by atoms with van der Waals surface area (Å²) in [5.41, 5.74) is 19.4. The molecule has 0 amide bonds. The van der Waals surface area contributed by atoms with Crippen molar-refractivity contribution in [2.24, 2.45) is 11.8 Å². The van der Waals surface area contributed by atoms with Gasteiger partial charge in [-0.05, 0) is 123 Å². The van der Waals surface area contributed by atoms with Crippen molar-refractivity contribution in [3.8, 4) is 44.8 Å². The summed E-state index contributed by atoms with van der Waals surface area (Å²) in [6, 6.07) is 42.9. The average molecular weight is 751 g/mol. The Morgan fingerprint density at radius 1 is 0.458 bits per heavy atom. The van der Waals surface area contributed by atoms with Gasteiger partial charge in [0.15, 0.2) is 0 Å². The SMILES string of the molecule is CC1(C)c2cc(-c3cccc(C4=C5C=CC6=CC=CC7=CC=C(C=C4)C5C67)c3)cnc2-c2ncc(-c3cccc(-c4ccc5ccc6cccc7ccc4c5c67)c3)cc21. The summed E-state index contributed by atoms with van der Waals surface area (Å²) in [7, 11) is 0. The second kappa shape index (κ2) is 11.9. The summed E-state index contributed by atoms with van der Waals surface area (Å²) in [5, 5.41) is 7.84. The normalized spacial score (nSPS) is 19.2. The first-order chi connectivity index (χ1) is 29.0. The van der Waals surface area contributed by atoms with E-state index < -0.39 is 0 Å². The Labute approximate surface area is 343 Å². The molecular formula is C57H38N2. The van der Waals surface area contributed by atoms with Gasteiger partial charge in [-0.15, -0.1) is 0 Å². The number of allylic oxidation sites excluding steroid dienone is 14. The van der Waals surface area contributed by atoms with Gasteiger partial charge in [0.2, 0.25) is 0 Å². The lowest BCUT2D eigenvalue weighted by atomic mass is 9.63. The second-order valence-corrected chi connectivity index (χ2v) is 17.3. The molecule has 5 aliphatic carbocycles. The van der Waals surface area contributed by atoms with Crippen LogP contribution in [-0.4, -0.2) is 9.97 Å². The van der Waals surface area contributed by atoms with E-state index >= 15 is 0 Å². The van der Waals surface area contributed by atoms with E-state index in [2.05, 4.69) is 184 Å². The third kappa shape index (κ3) is 4.69. The minimum absolute atomic E-state index is 0.268. The van der Waals surface area contributed by atoms with E-state index in [4.69, 9.17) is 9.97 Å². The third-order valence-electron chi connectivity index (χ3n) is 13.9. The summed E-state index contributed by atoms with van der Waals surface area (Å²) >= 11 is 0. The van der Waals surface area contributed by atoms with Gasteiger partial charge in [-0.2, -0.15) is 0 Å². The molecule has 0 fully saturated rings. The number of pyridine rings is 2. The highest BCUT2D eigenvalue weighted by molar-refractivity contribution is 6.25. The summed E-state index contributed by atoms with van der Waals surface area (Å²) in [6.07, 6.45) is 24.8. The monoisotopic (exact) mass is 750 g/mol. The van der Waals surface area contributed by atoms with Crippen LogP contribution < -0.4 is 0 Å². The molecule has 0 N–H and O–H groups in total. The molecule has 0 aliphatic heterocycles. The molecule has 2 aromatic heterocycles. The zero-order chi connectivity index (χ0) is 39.0. The Morgan fingerprint density at radius 3 is 1.78 bits per heavy atom. The van der Waals surface area contributed by atoms with Gasteiger partial charge in [0, 0.05) is 40.8 Å². The van der Waals surface area contributed by atoms with Gasteiger partial charge in [0.25, 0.3) is 0 Å². The van der Waals surface area contributed by atoms with Gasteiger partial charge in [-0.3, -0.25) is 9.97 Å². The summed E-state index contributed by atoms with van der Waals surface area (Å²) < 4.78 is 0. The molecule has 6 aromatic carbocycles. The fourth-order valence-corrected chi connectivity index (χ4v) is 10.9. The number of hydrogen-bond acceptors (Lipinski definition) is 2. The Hall–Kier alpha value is -7.16. The molecule has 2 unspecified atom stereocenters. The van der Waals surface area contributed by atoms with Crippen LogP contribution in [0.3, 0.4) is 0 Å². The Morgan fingerprint density at radius 2 is 1.03 bits per heavy atom. The molecular weight excluding hydrogens is 713 g/mol. The molecule has 8 aromatic rings. The quantitative estimate of drug-likeness (QED) is 0.167. The molecule has 2 nitrogen and oxygen atoms in total. The minimum atomic E-state index is -0.268. The number of benzene rings is 6. The molecule has 2 heteroatoms. The number of rotatable bonds is 4. The van der Waals surface area contributed by atoms with Gasteiger partial charge in [-0.1, -0.05) is 160 Å². The molecule has 276 valence electrons. The number of fused-ring (bicyclic) bond motifs is 3. The van der Waals surface area contributed by atoms with Gasteiger partial charge in [0.1, 0.15) is 0 Å². The number of aromatic nitrogens is 2. The van der Waals surface area contributed by atoms with Crippen molar-refractivity contribution >= 4 is 37.9 Å². The van der Waals surface area contributed by atoms with Crippen molar-refractivity contribution in [2.75, 3.05) is 0 Å². The largest absolute Gasteiger partial charge is 0.254 e. The van der Waals surface area contributed by atoms with Crippen molar-refractivity contribution in [2.45, 2.75) is 19.3 Å². The molecule has 5 aliphatic rings. The van der Waals surface area contributed by atoms with Crippen molar-refractivity contribution in [1.82, 2.24) is 9.97 Å². The first-order valence-corrected chi connectivity index (χ1v) is 20.8. The van der Waals surface area contributed by atoms with Crippen LogP contribution in [0.1, 0.15) is 30.5 Å². The molecule has 0 saturated heterocycles. The number of hydrogen-bond donors (Lipinski definition) is 0. The minimum Gasteiger partial charge on any atom is -0.254 e. The Balaban J connectivity index is 0.848. The topological polar surface area (TPSA) is 25.8 Å². The molecule has 0 bridgehead atoms. The standard InChI is InChI=1S/C57H38N2/c1-57(2)49-29-43(39-11-5-13-41(27-39)45-23-19-37-17-15-33-7-3-9-35-21-25-47(45)53(37)51(33)35)31-58-55(49)56-50(57)30-44(32-59-56)40-12-6-14-42(28-40)46-24-20-38-18-16-34-8-4-10-36-22-26-48(46)54(38)52(34)36/h3-32,51,53H,1-2H3. The molecule has 2 heterocycles. The van der Waals surface area contributed by atoms with Gasteiger partial charge in [0.05, 0.1) is 11.4 Å². The second-order valence-electron chi connectivity index (χ2n) is 17.3. The molecule has 0 spiro atoms. The number of nitrogens with zero attached hydrogens (tertiary/aromatic N) is 2. The van der Waals surface area contributed by atoms with Gasteiger partial charge < -0.3 is 0 Å². The highest BCUT2D eigenvalue weighted by atomic mass is 14.8. The van der Waals surface area contributed by atoms with E-state index in [9.17, 15) is 0 Å². The predicted molar refractivity (Wildman–Crippen MR) is 245 cm³/mol. The van der Waals surface area contributed by atoms with Crippen molar-refractivity contribution in [3.05, 3.63) is 221 Å². The van der Waals surface area contributed by atoms with Crippen molar-refractivity contribution < 1.29 is 0 Å². The maximum atomic E-state index is 5.15. The van der Waals surface area contributed by atoms with Crippen LogP contribution in [0, 0.1) is 11.8 Å². The van der Waals surface area contributed by atoms with E-state index in [1.165, 1.54) is 93.6 Å². The van der Waals surface area contributed by atoms with Crippen LogP contribution >= 0.6 is 0 Å². The zero-order valence-corrected chi connectivity index (χ0v) is 32.9. The molecule has 0 radical (unpaired) electrons. The smallest absolute Gasteiger partial charge is 0.0930 e. The third-order valence-corrected chi connectivity index (χ3v) is 13.9. The molecule has 59 heavy (non-hydrogen) atoms. The van der Waals surface area contributed by atoms with Crippen molar-refractivity contribution in [1.29, 1.82) is 0 Å². The first-order valence-electron chi connectivity index (χ1n) is 20.8. The van der Waals surface area contributed by atoms with Crippen LogP contribution in [0.2, 0.25) is 0 Å². The molecule has 2 atom stereocenters. The lowest BCUT2D eigenvalue weighted by Crippen LogP contribution is -2.29. The fraction of sp³-hybridized carbons (Fsp3) is 0.0877. The maximum Gasteiger partial charge on any atom is 0.0930 e. The first kappa shape index (κ1) is 32.9.